The van der Waals surface area contributed by atoms with E-state index in [1.807, 2.05) is 24.3 Å². The van der Waals surface area contributed by atoms with Gasteiger partial charge in [-0.15, -0.1) is 11.3 Å². The third kappa shape index (κ3) is 4.32. The van der Waals surface area contributed by atoms with E-state index in [-0.39, 0.29) is 0 Å². The van der Waals surface area contributed by atoms with Crippen LogP contribution in [0.4, 0.5) is 10.8 Å². The summed E-state index contributed by atoms with van der Waals surface area (Å²) in [4.78, 5) is 6.86. The highest BCUT2D eigenvalue weighted by Gasteiger charge is 2.54. The van der Waals surface area contributed by atoms with Crippen LogP contribution in [0.5, 0.6) is 0 Å². The van der Waals surface area contributed by atoms with Gasteiger partial charge in [0.25, 0.3) is 0 Å². The number of anilines is 2. The first kappa shape index (κ1) is 22.2. The van der Waals surface area contributed by atoms with Crippen molar-refractivity contribution in [3.05, 3.63) is 70.1 Å². The molecule has 3 aliphatic rings. The molecule has 2 aromatic carbocycles. The van der Waals surface area contributed by atoms with Crippen LogP contribution in [0.1, 0.15) is 32.3 Å². The highest BCUT2D eigenvalue weighted by Crippen LogP contribution is 2.59. The molecule has 3 aliphatic carbocycles. The van der Waals surface area contributed by atoms with Gasteiger partial charge in [0.1, 0.15) is 0 Å². The summed E-state index contributed by atoms with van der Waals surface area (Å²) in [6.45, 7) is 4.76. The van der Waals surface area contributed by atoms with Crippen LogP contribution in [-0.2, 0) is 0 Å². The molecule has 6 heteroatoms. The van der Waals surface area contributed by atoms with Crippen LogP contribution in [0.25, 0.3) is 17.3 Å². The predicted molar refractivity (Wildman–Crippen MR) is 142 cm³/mol. The number of benzene rings is 2. The maximum Gasteiger partial charge on any atom is 0.203 e. The van der Waals surface area contributed by atoms with E-state index < -0.39 is 0 Å². The first-order valence-corrected chi connectivity index (χ1v) is 12.6. The minimum absolute atomic E-state index is 0.296. The van der Waals surface area contributed by atoms with Crippen molar-refractivity contribution in [3.8, 4) is 11.3 Å². The van der Waals surface area contributed by atoms with Crippen LogP contribution in [0, 0.1) is 17.3 Å². The fourth-order valence-electron chi connectivity index (χ4n) is 4.96. The summed E-state index contributed by atoms with van der Waals surface area (Å²) in [5.74, 6) is 1.21. The predicted octanol–water partition coefficient (Wildman–Crippen LogP) is 7.45. The van der Waals surface area contributed by atoms with Crippen molar-refractivity contribution in [3.63, 3.8) is 0 Å². The molecule has 2 atom stereocenters. The lowest BCUT2D eigenvalue weighted by Gasteiger charge is -2.57. The van der Waals surface area contributed by atoms with Gasteiger partial charge in [-0.05, 0) is 65.7 Å². The molecule has 33 heavy (non-hydrogen) atoms. The molecule has 3 saturated carbocycles. The minimum atomic E-state index is 0.296. The molecule has 6 rings (SSSR count). The van der Waals surface area contributed by atoms with Crippen LogP contribution in [0.2, 0.25) is 5.02 Å². The van der Waals surface area contributed by atoms with Gasteiger partial charge < -0.3 is 4.90 Å². The Kier molecular flexibility index (Phi) is 5.79. The van der Waals surface area contributed by atoms with Crippen molar-refractivity contribution in [1.29, 1.82) is 0 Å². The van der Waals surface area contributed by atoms with E-state index in [1.54, 1.807) is 11.3 Å². The summed E-state index contributed by atoms with van der Waals surface area (Å²) in [6.07, 6.45) is 4.61. The number of hydrogen-bond acceptors (Lipinski definition) is 5. The zero-order valence-corrected chi connectivity index (χ0v) is 21.0. The van der Waals surface area contributed by atoms with E-state index >= 15 is 0 Å². The molecule has 2 unspecified atom stereocenters. The second-order valence-electron chi connectivity index (χ2n) is 9.82. The number of rotatable bonds is 5. The van der Waals surface area contributed by atoms with Gasteiger partial charge in [0, 0.05) is 41.7 Å². The molecule has 0 aliphatic heterocycles. The Labute approximate surface area is 205 Å². The van der Waals surface area contributed by atoms with Gasteiger partial charge in [0.15, 0.2) is 0 Å². The summed E-state index contributed by atoms with van der Waals surface area (Å²) in [5.41, 5.74) is 10.5. The third-order valence-corrected chi connectivity index (χ3v) is 8.26. The number of aromatic nitrogens is 1. The molecular weight excluding hydrogens is 448 g/mol. The molecule has 0 amide bonds. The monoisotopic (exact) mass is 476 g/mol. The van der Waals surface area contributed by atoms with Gasteiger partial charge in [0.2, 0.25) is 5.13 Å². The van der Waals surface area contributed by atoms with E-state index in [0.717, 1.165) is 33.8 Å². The molecule has 0 spiro atoms. The molecule has 170 valence electrons. The third-order valence-electron chi connectivity index (χ3n) is 7.26. The summed E-state index contributed by atoms with van der Waals surface area (Å²) >= 11 is 7.59. The van der Waals surface area contributed by atoms with Crippen LogP contribution in [-0.4, -0.2) is 24.8 Å². The van der Waals surface area contributed by atoms with E-state index in [1.165, 1.54) is 29.0 Å². The lowest BCUT2D eigenvalue weighted by molar-refractivity contribution is 0.0143. The van der Waals surface area contributed by atoms with E-state index in [4.69, 9.17) is 21.7 Å². The first-order chi connectivity index (χ1) is 15.8. The van der Waals surface area contributed by atoms with Crippen molar-refractivity contribution in [2.45, 2.75) is 26.7 Å². The first-order valence-electron chi connectivity index (χ1n) is 11.3. The van der Waals surface area contributed by atoms with Crippen molar-refractivity contribution in [2.24, 2.45) is 22.4 Å². The molecule has 1 N–H and O–H groups in total. The Hall–Kier alpha value is -2.63. The second kappa shape index (κ2) is 8.62. The van der Waals surface area contributed by atoms with Crippen LogP contribution in [0.15, 0.2) is 64.6 Å². The smallest absolute Gasteiger partial charge is 0.203 e. The molecule has 1 heterocycles. The zero-order chi connectivity index (χ0) is 23.2. The fourth-order valence-corrected chi connectivity index (χ4v) is 5.75. The maximum absolute atomic E-state index is 6.02. The van der Waals surface area contributed by atoms with Gasteiger partial charge >= 0.3 is 0 Å². The number of nitrogens with zero attached hydrogens (tertiary/aromatic N) is 3. The Bertz CT molecular complexity index is 1210. The van der Waals surface area contributed by atoms with Gasteiger partial charge in [-0.1, -0.05) is 49.7 Å². The number of fused-ring (bicyclic) bond motifs is 2. The van der Waals surface area contributed by atoms with Crippen LogP contribution < -0.4 is 10.3 Å². The van der Waals surface area contributed by atoms with E-state index in [0.29, 0.717) is 11.3 Å². The van der Waals surface area contributed by atoms with Crippen LogP contribution >= 0.6 is 22.9 Å². The normalized spacial score (nSPS) is 23.4. The summed E-state index contributed by atoms with van der Waals surface area (Å²) in [5, 5.41) is 8.52. The van der Waals surface area contributed by atoms with Crippen molar-refractivity contribution in [1.82, 2.24) is 4.98 Å². The molecular formula is C27H29ClN4S. The summed E-state index contributed by atoms with van der Waals surface area (Å²) < 4.78 is 0. The minimum Gasteiger partial charge on any atom is -0.378 e. The second-order valence-corrected chi connectivity index (χ2v) is 11.1. The van der Waals surface area contributed by atoms with Crippen molar-refractivity contribution < 1.29 is 0 Å². The van der Waals surface area contributed by atoms with Gasteiger partial charge in [0.05, 0.1) is 11.4 Å². The molecule has 0 radical (unpaired) electrons. The fraction of sp³-hybridized carbons (Fsp3) is 0.333. The topological polar surface area (TPSA) is 40.5 Å². The largest absolute Gasteiger partial charge is 0.378 e. The number of hydrogen-bond donors (Lipinski definition) is 1. The van der Waals surface area contributed by atoms with Gasteiger partial charge in [-0.2, -0.15) is 5.10 Å². The van der Waals surface area contributed by atoms with Crippen molar-refractivity contribution in [2.75, 3.05) is 24.4 Å². The highest BCUT2D eigenvalue weighted by molar-refractivity contribution is 7.14. The van der Waals surface area contributed by atoms with E-state index in [9.17, 15) is 0 Å². The molecule has 2 bridgehead atoms. The molecule has 1 aromatic heterocycles. The SMILES string of the molecule is CN(C)c1ccc(C=C2CC3CC(C2=NNc2nc(-c4ccc(Cl)cc4)cs2)C3(C)C)cc1. The number of halogens is 1. The maximum atomic E-state index is 6.02. The Morgan fingerprint density at radius 1 is 1.12 bits per heavy atom. The number of thiazole rings is 1. The number of hydrazone groups is 1. The summed E-state index contributed by atoms with van der Waals surface area (Å²) in [7, 11) is 4.13. The number of nitrogens with one attached hydrogen (secondary N) is 1. The molecule has 0 saturated heterocycles. The average molecular weight is 477 g/mol. The molecule has 3 fully saturated rings. The lowest BCUT2D eigenvalue weighted by atomic mass is 9.47. The summed E-state index contributed by atoms with van der Waals surface area (Å²) in [6, 6.07) is 16.5. The Morgan fingerprint density at radius 2 is 1.85 bits per heavy atom. The van der Waals surface area contributed by atoms with E-state index in [2.05, 4.69) is 74.0 Å². The quantitative estimate of drug-likeness (QED) is 0.389. The Balaban J connectivity index is 1.40. The van der Waals surface area contributed by atoms with Crippen molar-refractivity contribution >= 4 is 45.5 Å². The van der Waals surface area contributed by atoms with Gasteiger partial charge in [-0.3, -0.25) is 5.43 Å². The number of allylic oxidation sites excluding steroid dienone is 1. The molecule has 4 nitrogen and oxygen atoms in total. The average Bonchev–Trinajstić information content (AvgIpc) is 3.28. The molecule has 3 aromatic rings. The lowest BCUT2D eigenvalue weighted by Crippen LogP contribution is -2.53. The van der Waals surface area contributed by atoms with Crippen LogP contribution in [0.3, 0.4) is 0 Å². The standard InChI is InChI=1S/C27H29ClN4S/c1-27(2)20-14-19(13-17-5-11-22(12-6-17)32(3)4)25(23(27)15-20)30-31-26-29-24(16-33-26)18-7-9-21(28)10-8-18/h5-13,16,20,23H,14-15H2,1-4H3,(H,29,31). The van der Waals surface area contributed by atoms with Gasteiger partial charge in [-0.25, -0.2) is 4.98 Å². The highest BCUT2D eigenvalue weighted by atomic mass is 35.5. The zero-order valence-electron chi connectivity index (χ0n) is 19.5. The Morgan fingerprint density at radius 3 is 2.52 bits per heavy atom.